The first-order valence-electron chi connectivity index (χ1n) is 6.99. The quantitative estimate of drug-likeness (QED) is 0.751. The minimum Gasteiger partial charge on any atom is -0.395 e. The van der Waals surface area contributed by atoms with Crippen LogP contribution < -0.4 is 5.32 Å². The number of rotatable bonds is 6. The summed E-state index contributed by atoms with van der Waals surface area (Å²) in [6.45, 7) is 4.17. The summed E-state index contributed by atoms with van der Waals surface area (Å²) in [5, 5.41) is 12.1. The van der Waals surface area contributed by atoms with Crippen LogP contribution in [0.15, 0.2) is 30.3 Å². The molecule has 1 heterocycles. The Morgan fingerprint density at radius 1 is 1.22 bits per heavy atom. The minimum absolute atomic E-state index is 0.228. The molecule has 100 valence electrons. The lowest BCUT2D eigenvalue weighted by Crippen LogP contribution is -2.45. The maximum atomic E-state index is 8.82. The minimum atomic E-state index is 0.228. The van der Waals surface area contributed by atoms with Crippen molar-refractivity contribution >= 4 is 0 Å². The first-order valence-corrected chi connectivity index (χ1v) is 6.99. The Morgan fingerprint density at radius 3 is 2.83 bits per heavy atom. The molecule has 2 rings (SSSR count). The molecule has 2 N–H and O–H groups in total. The summed E-state index contributed by atoms with van der Waals surface area (Å²) in [5.41, 5.74) is 1.39. The van der Waals surface area contributed by atoms with Crippen LogP contribution in [0.1, 0.15) is 24.8 Å². The second-order valence-electron chi connectivity index (χ2n) is 5.03. The molecule has 1 aliphatic rings. The monoisotopic (exact) mass is 248 g/mol. The van der Waals surface area contributed by atoms with E-state index in [-0.39, 0.29) is 6.61 Å². The van der Waals surface area contributed by atoms with Gasteiger partial charge in [-0.25, -0.2) is 0 Å². The predicted molar refractivity (Wildman–Crippen MR) is 74.4 cm³/mol. The second kappa shape index (κ2) is 7.52. The van der Waals surface area contributed by atoms with Gasteiger partial charge in [-0.05, 0) is 24.9 Å². The Bertz CT molecular complexity index is 329. The highest BCUT2D eigenvalue weighted by Gasteiger charge is 2.21. The van der Waals surface area contributed by atoms with Gasteiger partial charge in [0.2, 0.25) is 0 Å². The summed E-state index contributed by atoms with van der Waals surface area (Å²) < 4.78 is 0. The summed E-state index contributed by atoms with van der Waals surface area (Å²) in [6, 6.07) is 11.3. The molecule has 0 radical (unpaired) electrons. The third kappa shape index (κ3) is 4.09. The summed E-state index contributed by atoms with van der Waals surface area (Å²) in [6.07, 6.45) is 3.91. The molecule has 1 aromatic carbocycles. The van der Waals surface area contributed by atoms with Crippen LogP contribution in [0.4, 0.5) is 0 Å². The van der Waals surface area contributed by atoms with Crippen LogP contribution in [0.3, 0.4) is 0 Å². The van der Waals surface area contributed by atoms with E-state index in [1.807, 2.05) is 0 Å². The number of nitrogens with one attached hydrogen (secondary N) is 1. The van der Waals surface area contributed by atoms with E-state index in [9.17, 15) is 0 Å². The molecule has 0 unspecified atom stereocenters. The van der Waals surface area contributed by atoms with E-state index in [1.165, 1.54) is 31.4 Å². The lowest BCUT2D eigenvalue weighted by atomic mass is 10.0. The van der Waals surface area contributed by atoms with Gasteiger partial charge in [-0.2, -0.15) is 0 Å². The van der Waals surface area contributed by atoms with Gasteiger partial charge in [0.05, 0.1) is 6.61 Å². The van der Waals surface area contributed by atoms with Crippen molar-refractivity contribution in [1.29, 1.82) is 0 Å². The van der Waals surface area contributed by atoms with Gasteiger partial charge in [0, 0.05) is 25.7 Å². The van der Waals surface area contributed by atoms with Crippen LogP contribution in [0.25, 0.3) is 0 Å². The molecule has 1 saturated heterocycles. The standard InChI is InChI=1S/C15H24N2O/c18-11-9-16-12-15-8-4-5-10-17(15)13-14-6-2-1-3-7-14/h1-3,6-7,15-16,18H,4-5,8-13H2/t15-/m1/s1. The SMILES string of the molecule is OCCNC[C@H]1CCCCN1Cc1ccccc1. The Balaban J connectivity index is 1.87. The number of likely N-dealkylation sites (tertiary alicyclic amines) is 1. The first kappa shape index (κ1) is 13.5. The summed E-state index contributed by atoms with van der Waals surface area (Å²) in [5.74, 6) is 0. The molecule has 1 atom stereocenters. The largest absolute Gasteiger partial charge is 0.395 e. The fourth-order valence-electron chi connectivity index (χ4n) is 2.66. The molecule has 0 aromatic heterocycles. The molecule has 18 heavy (non-hydrogen) atoms. The molecular formula is C15H24N2O. The van der Waals surface area contributed by atoms with Crippen LogP contribution in [0, 0.1) is 0 Å². The number of hydrogen-bond donors (Lipinski definition) is 2. The molecule has 1 fully saturated rings. The van der Waals surface area contributed by atoms with Gasteiger partial charge >= 0.3 is 0 Å². The van der Waals surface area contributed by atoms with Crippen molar-refractivity contribution in [2.24, 2.45) is 0 Å². The van der Waals surface area contributed by atoms with Crippen LogP contribution in [0.5, 0.6) is 0 Å². The Hall–Kier alpha value is -0.900. The van der Waals surface area contributed by atoms with Gasteiger partial charge in [-0.3, -0.25) is 4.90 Å². The molecule has 3 heteroatoms. The molecule has 0 spiro atoms. The van der Waals surface area contributed by atoms with E-state index in [1.54, 1.807) is 0 Å². The summed E-state index contributed by atoms with van der Waals surface area (Å²) in [7, 11) is 0. The normalized spacial score (nSPS) is 21.1. The van der Waals surface area contributed by atoms with E-state index < -0.39 is 0 Å². The van der Waals surface area contributed by atoms with Crippen molar-refractivity contribution in [1.82, 2.24) is 10.2 Å². The van der Waals surface area contributed by atoms with Gasteiger partial charge in [0.1, 0.15) is 0 Å². The number of aliphatic hydroxyl groups excluding tert-OH is 1. The molecule has 0 aliphatic carbocycles. The molecule has 3 nitrogen and oxygen atoms in total. The molecule has 0 amide bonds. The highest BCUT2D eigenvalue weighted by Crippen LogP contribution is 2.19. The van der Waals surface area contributed by atoms with Gasteiger partial charge < -0.3 is 10.4 Å². The first-order chi connectivity index (χ1) is 8.90. The van der Waals surface area contributed by atoms with E-state index in [2.05, 4.69) is 40.5 Å². The summed E-state index contributed by atoms with van der Waals surface area (Å²) >= 11 is 0. The zero-order chi connectivity index (χ0) is 12.6. The third-order valence-corrected chi connectivity index (χ3v) is 3.65. The summed E-state index contributed by atoms with van der Waals surface area (Å²) in [4.78, 5) is 2.57. The Morgan fingerprint density at radius 2 is 2.06 bits per heavy atom. The van der Waals surface area contributed by atoms with Gasteiger partial charge in [-0.1, -0.05) is 36.8 Å². The smallest absolute Gasteiger partial charge is 0.0555 e. The van der Waals surface area contributed by atoms with Crippen molar-refractivity contribution in [3.8, 4) is 0 Å². The Kier molecular flexibility index (Phi) is 5.65. The number of hydrogen-bond acceptors (Lipinski definition) is 3. The number of piperidine rings is 1. The van der Waals surface area contributed by atoms with Crippen molar-refractivity contribution in [3.63, 3.8) is 0 Å². The Labute approximate surface area is 110 Å². The highest BCUT2D eigenvalue weighted by molar-refractivity contribution is 5.14. The van der Waals surface area contributed by atoms with Gasteiger partial charge in [0.25, 0.3) is 0 Å². The predicted octanol–water partition coefficient (Wildman–Crippen LogP) is 1.62. The highest BCUT2D eigenvalue weighted by atomic mass is 16.3. The average molecular weight is 248 g/mol. The topological polar surface area (TPSA) is 35.5 Å². The fourth-order valence-corrected chi connectivity index (χ4v) is 2.66. The number of aliphatic hydroxyl groups is 1. The van der Waals surface area contributed by atoms with Crippen molar-refractivity contribution in [2.75, 3.05) is 26.2 Å². The zero-order valence-electron chi connectivity index (χ0n) is 11.0. The molecule has 1 aromatic rings. The van der Waals surface area contributed by atoms with E-state index >= 15 is 0 Å². The number of benzene rings is 1. The molecular weight excluding hydrogens is 224 g/mol. The fraction of sp³-hybridized carbons (Fsp3) is 0.600. The van der Waals surface area contributed by atoms with Gasteiger partial charge in [-0.15, -0.1) is 0 Å². The lowest BCUT2D eigenvalue weighted by Gasteiger charge is -2.36. The molecule has 0 bridgehead atoms. The second-order valence-corrected chi connectivity index (χ2v) is 5.03. The van der Waals surface area contributed by atoms with Crippen molar-refractivity contribution in [2.45, 2.75) is 31.8 Å². The third-order valence-electron chi connectivity index (χ3n) is 3.65. The molecule has 0 saturated carbocycles. The van der Waals surface area contributed by atoms with Crippen LogP contribution in [-0.2, 0) is 6.54 Å². The van der Waals surface area contributed by atoms with Crippen LogP contribution in [0.2, 0.25) is 0 Å². The van der Waals surface area contributed by atoms with Crippen molar-refractivity contribution in [3.05, 3.63) is 35.9 Å². The van der Waals surface area contributed by atoms with Crippen molar-refractivity contribution < 1.29 is 5.11 Å². The van der Waals surface area contributed by atoms with E-state index in [4.69, 9.17) is 5.11 Å². The molecule has 1 aliphatic heterocycles. The van der Waals surface area contributed by atoms with Crippen LogP contribution >= 0.6 is 0 Å². The van der Waals surface area contributed by atoms with Gasteiger partial charge in [0.15, 0.2) is 0 Å². The average Bonchev–Trinajstić information content (AvgIpc) is 2.42. The lowest BCUT2D eigenvalue weighted by molar-refractivity contribution is 0.136. The van der Waals surface area contributed by atoms with E-state index in [0.717, 1.165) is 13.1 Å². The number of nitrogens with zero attached hydrogens (tertiary/aromatic N) is 1. The zero-order valence-corrected chi connectivity index (χ0v) is 11.0. The van der Waals surface area contributed by atoms with Crippen LogP contribution in [-0.4, -0.2) is 42.3 Å². The maximum Gasteiger partial charge on any atom is 0.0555 e. The van der Waals surface area contributed by atoms with E-state index in [0.29, 0.717) is 12.6 Å². The maximum absolute atomic E-state index is 8.82.